The minimum Gasteiger partial charge on any atom is -0.493 e. The average Bonchev–Trinajstić information content (AvgIpc) is 3.22. The van der Waals surface area contributed by atoms with Crippen molar-refractivity contribution in [2.45, 2.75) is 6.61 Å². The summed E-state index contributed by atoms with van der Waals surface area (Å²) in [5, 5.41) is 5.91. The maximum Gasteiger partial charge on any atom is 0.307 e. The van der Waals surface area contributed by atoms with Gasteiger partial charge in [0.2, 0.25) is 0 Å². The summed E-state index contributed by atoms with van der Waals surface area (Å²) >= 11 is 15.5. The minimum absolute atomic E-state index is 0.169. The van der Waals surface area contributed by atoms with Crippen LogP contribution in [0.4, 0.5) is 0 Å². The molecule has 6 nitrogen and oxygen atoms in total. The molecule has 0 bridgehead atoms. The molecule has 4 aromatic rings. The van der Waals surface area contributed by atoms with Crippen molar-refractivity contribution in [1.29, 1.82) is 0 Å². The summed E-state index contributed by atoms with van der Waals surface area (Å²) in [5.41, 5.74) is 4.58. The van der Waals surface area contributed by atoms with Gasteiger partial charge >= 0.3 is 5.91 Å². The second-order valence-corrected chi connectivity index (χ2v) is 8.69. The number of methoxy groups -OCH3 is 1. The van der Waals surface area contributed by atoms with Crippen LogP contribution in [0, 0.1) is 0 Å². The fourth-order valence-electron chi connectivity index (χ4n) is 3.02. The lowest BCUT2D eigenvalue weighted by Crippen LogP contribution is -2.16. The van der Waals surface area contributed by atoms with Crippen molar-refractivity contribution >= 4 is 62.2 Å². The molecule has 33 heavy (non-hydrogen) atoms. The zero-order valence-electron chi connectivity index (χ0n) is 17.3. The maximum atomic E-state index is 12.3. The summed E-state index contributed by atoms with van der Waals surface area (Å²) in [6, 6.07) is 17.7. The lowest BCUT2D eigenvalue weighted by molar-refractivity contribution is 0.0929. The van der Waals surface area contributed by atoms with Gasteiger partial charge in [0.25, 0.3) is 0 Å². The Morgan fingerprint density at radius 2 is 1.94 bits per heavy atom. The molecule has 9 heteroatoms. The number of amides is 1. The smallest absolute Gasteiger partial charge is 0.307 e. The van der Waals surface area contributed by atoms with Crippen molar-refractivity contribution in [3.8, 4) is 11.5 Å². The lowest BCUT2D eigenvalue weighted by Gasteiger charge is -2.12. The fourth-order valence-corrected chi connectivity index (χ4v) is 3.87. The van der Waals surface area contributed by atoms with Crippen LogP contribution in [0.3, 0.4) is 0 Å². The van der Waals surface area contributed by atoms with Crippen molar-refractivity contribution in [2.24, 2.45) is 5.10 Å². The number of hydrogen-bond acceptors (Lipinski definition) is 5. The number of hydrazone groups is 1. The number of fused-ring (bicyclic) bond motifs is 1. The number of halogens is 3. The Morgan fingerprint density at radius 3 is 2.73 bits per heavy atom. The quantitative estimate of drug-likeness (QED) is 0.203. The SMILES string of the molecule is COc1cc(/C=N/NC(=O)c2cc3cc(Br)ccc3o2)ccc1OCc1ccc(Cl)cc1Cl. The van der Waals surface area contributed by atoms with E-state index in [1.165, 1.54) is 6.21 Å². The Morgan fingerprint density at radius 1 is 1.09 bits per heavy atom. The molecular formula is C24H17BrCl2N2O4. The molecule has 0 spiro atoms. The van der Waals surface area contributed by atoms with Crippen molar-refractivity contribution in [1.82, 2.24) is 5.43 Å². The molecule has 0 aliphatic heterocycles. The molecule has 1 N–H and O–H groups in total. The van der Waals surface area contributed by atoms with Crippen LogP contribution >= 0.6 is 39.1 Å². The summed E-state index contributed by atoms with van der Waals surface area (Å²) in [6.07, 6.45) is 1.50. The molecule has 4 rings (SSSR count). The fraction of sp³-hybridized carbons (Fsp3) is 0.0833. The molecule has 3 aromatic carbocycles. The number of hydrogen-bond donors (Lipinski definition) is 1. The molecule has 0 aliphatic rings. The summed E-state index contributed by atoms with van der Waals surface area (Å²) in [7, 11) is 1.54. The highest BCUT2D eigenvalue weighted by Crippen LogP contribution is 2.30. The first-order valence-corrected chi connectivity index (χ1v) is 11.2. The molecule has 1 amide bonds. The number of carbonyl (C=O) groups excluding carboxylic acids is 1. The van der Waals surface area contributed by atoms with Gasteiger partial charge < -0.3 is 13.9 Å². The standard InChI is InChI=1S/C24H17BrCl2N2O4/c1-31-22-8-14(2-6-21(22)32-13-15-3-5-18(26)11-19(15)27)12-28-29-24(30)23-10-16-9-17(25)4-7-20(16)33-23/h2-12H,13H2,1H3,(H,29,30)/b28-12+. The third kappa shape index (κ3) is 5.68. The van der Waals surface area contributed by atoms with Crippen LogP contribution in [0.1, 0.15) is 21.7 Å². The number of rotatable bonds is 7. The monoisotopic (exact) mass is 546 g/mol. The van der Waals surface area contributed by atoms with Crippen LogP contribution in [0.25, 0.3) is 11.0 Å². The van der Waals surface area contributed by atoms with E-state index in [9.17, 15) is 4.79 Å². The van der Waals surface area contributed by atoms with Gasteiger partial charge in [0.05, 0.1) is 13.3 Å². The normalized spacial score (nSPS) is 11.2. The van der Waals surface area contributed by atoms with Crippen molar-refractivity contribution in [3.05, 3.63) is 92.1 Å². The van der Waals surface area contributed by atoms with Crippen molar-refractivity contribution in [3.63, 3.8) is 0 Å². The predicted octanol–water partition coefficient (Wildman–Crippen LogP) is 6.85. The van der Waals surface area contributed by atoms with Gasteiger partial charge in [0.1, 0.15) is 12.2 Å². The van der Waals surface area contributed by atoms with Gasteiger partial charge in [-0.15, -0.1) is 0 Å². The van der Waals surface area contributed by atoms with E-state index in [0.717, 1.165) is 15.4 Å². The van der Waals surface area contributed by atoms with E-state index >= 15 is 0 Å². The number of furan rings is 1. The Hall–Kier alpha value is -3.00. The number of nitrogens with one attached hydrogen (secondary N) is 1. The first-order valence-electron chi connectivity index (χ1n) is 9.70. The molecule has 0 fully saturated rings. The topological polar surface area (TPSA) is 73.1 Å². The van der Waals surface area contributed by atoms with E-state index in [2.05, 4.69) is 26.5 Å². The largest absolute Gasteiger partial charge is 0.493 e. The second-order valence-electron chi connectivity index (χ2n) is 6.93. The summed E-state index contributed by atoms with van der Waals surface area (Å²) in [6.45, 7) is 0.254. The molecule has 0 atom stereocenters. The van der Waals surface area contributed by atoms with Gasteiger partial charge in [-0.3, -0.25) is 4.79 Å². The Bertz CT molecular complexity index is 1350. The van der Waals surface area contributed by atoms with E-state index in [-0.39, 0.29) is 12.4 Å². The Balaban J connectivity index is 1.40. The number of ether oxygens (including phenoxy) is 2. The number of benzene rings is 3. The van der Waals surface area contributed by atoms with E-state index in [1.54, 1.807) is 49.6 Å². The predicted molar refractivity (Wildman–Crippen MR) is 133 cm³/mol. The van der Waals surface area contributed by atoms with Gasteiger partial charge in [-0.05, 0) is 60.2 Å². The molecule has 0 saturated carbocycles. The molecule has 168 valence electrons. The zero-order chi connectivity index (χ0) is 23.4. The van der Waals surface area contributed by atoms with Crippen LogP contribution in [-0.4, -0.2) is 19.2 Å². The molecule has 0 radical (unpaired) electrons. The Kier molecular flexibility index (Phi) is 7.23. The summed E-state index contributed by atoms with van der Waals surface area (Å²) in [5.74, 6) is 0.768. The number of carbonyl (C=O) groups is 1. The van der Waals surface area contributed by atoms with E-state index in [4.69, 9.17) is 37.1 Å². The van der Waals surface area contributed by atoms with Gasteiger partial charge in [-0.1, -0.05) is 45.2 Å². The van der Waals surface area contributed by atoms with Crippen LogP contribution in [0.5, 0.6) is 11.5 Å². The van der Waals surface area contributed by atoms with Crippen molar-refractivity contribution < 1.29 is 18.7 Å². The molecule has 0 unspecified atom stereocenters. The maximum absolute atomic E-state index is 12.3. The average molecular weight is 548 g/mol. The first kappa shape index (κ1) is 23.2. The molecular weight excluding hydrogens is 531 g/mol. The highest BCUT2D eigenvalue weighted by Gasteiger charge is 2.12. The van der Waals surface area contributed by atoms with Crippen LogP contribution in [-0.2, 0) is 6.61 Å². The number of nitrogens with zero attached hydrogens (tertiary/aromatic N) is 1. The third-order valence-corrected chi connectivity index (χ3v) is 5.75. The first-order chi connectivity index (χ1) is 15.9. The summed E-state index contributed by atoms with van der Waals surface area (Å²) < 4.78 is 17.7. The van der Waals surface area contributed by atoms with Crippen LogP contribution < -0.4 is 14.9 Å². The summed E-state index contributed by atoms with van der Waals surface area (Å²) in [4.78, 5) is 12.3. The third-order valence-electron chi connectivity index (χ3n) is 4.67. The molecule has 0 saturated heterocycles. The molecule has 0 aliphatic carbocycles. The zero-order valence-corrected chi connectivity index (χ0v) is 20.4. The van der Waals surface area contributed by atoms with Gasteiger partial charge in [0.15, 0.2) is 17.3 Å². The van der Waals surface area contributed by atoms with Crippen LogP contribution in [0.15, 0.2) is 74.7 Å². The second kappa shape index (κ2) is 10.3. The van der Waals surface area contributed by atoms with Gasteiger partial charge in [-0.25, -0.2) is 5.43 Å². The Labute approximate surface area is 208 Å². The van der Waals surface area contributed by atoms with E-state index in [1.807, 2.05) is 18.2 Å². The minimum atomic E-state index is -0.453. The highest BCUT2D eigenvalue weighted by atomic mass is 79.9. The van der Waals surface area contributed by atoms with Crippen molar-refractivity contribution in [2.75, 3.05) is 7.11 Å². The van der Waals surface area contributed by atoms with Crippen LogP contribution in [0.2, 0.25) is 10.0 Å². The molecule has 1 aromatic heterocycles. The lowest BCUT2D eigenvalue weighted by atomic mass is 10.2. The van der Waals surface area contributed by atoms with E-state index in [0.29, 0.717) is 32.7 Å². The van der Waals surface area contributed by atoms with Gasteiger partial charge in [0, 0.05) is 25.5 Å². The van der Waals surface area contributed by atoms with Gasteiger partial charge in [-0.2, -0.15) is 5.10 Å². The molecule has 1 heterocycles. The highest BCUT2D eigenvalue weighted by molar-refractivity contribution is 9.10. The van der Waals surface area contributed by atoms with E-state index < -0.39 is 5.91 Å².